The van der Waals surface area contributed by atoms with Gasteiger partial charge in [-0.2, -0.15) is 0 Å². The lowest BCUT2D eigenvalue weighted by Gasteiger charge is -2.04. The number of nitrogens with zero attached hydrogens (tertiary/aromatic N) is 1. The van der Waals surface area contributed by atoms with Crippen molar-refractivity contribution in [2.45, 2.75) is 6.92 Å². The minimum Gasteiger partial charge on any atom is -0.478 e. The van der Waals surface area contributed by atoms with E-state index in [1.165, 1.54) is 24.3 Å². The molecule has 0 amide bonds. The maximum Gasteiger partial charge on any atom is 0.328 e. The lowest BCUT2D eigenvalue weighted by atomic mass is 10.1. The molecule has 1 aromatic carbocycles. The van der Waals surface area contributed by atoms with Crippen LogP contribution >= 0.6 is 0 Å². The summed E-state index contributed by atoms with van der Waals surface area (Å²) in [5, 5.41) is 19.4. The highest BCUT2D eigenvalue weighted by Gasteiger charge is 2.15. The second-order valence-corrected chi connectivity index (χ2v) is 3.37. The SMILES string of the molecule is CC#CCOc1ccc(C=CC(=O)O)cc1[N+](=O)[O-]. The van der Waals surface area contributed by atoms with E-state index >= 15 is 0 Å². The second-order valence-electron chi connectivity index (χ2n) is 3.37. The van der Waals surface area contributed by atoms with E-state index in [-0.39, 0.29) is 18.0 Å². The van der Waals surface area contributed by atoms with Gasteiger partial charge in [-0.15, -0.1) is 5.92 Å². The van der Waals surface area contributed by atoms with Gasteiger partial charge in [-0.05, 0) is 24.6 Å². The maximum atomic E-state index is 10.9. The van der Waals surface area contributed by atoms with Gasteiger partial charge in [0.25, 0.3) is 0 Å². The molecular weight excluding hydrogens is 250 g/mol. The number of hydrogen-bond acceptors (Lipinski definition) is 4. The molecule has 0 unspecified atom stereocenters. The second kappa shape index (κ2) is 6.81. The molecule has 0 atom stereocenters. The van der Waals surface area contributed by atoms with Crippen molar-refractivity contribution in [3.8, 4) is 17.6 Å². The van der Waals surface area contributed by atoms with Gasteiger partial charge in [-0.25, -0.2) is 4.79 Å². The Labute approximate surface area is 109 Å². The molecule has 1 aromatic rings. The van der Waals surface area contributed by atoms with Crippen LogP contribution in [0.1, 0.15) is 12.5 Å². The molecule has 19 heavy (non-hydrogen) atoms. The van der Waals surface area contributed by atoms with Crippen LogP contribution < -0.4 is 4.74 Å². The largest absolute Gasteiger partial charge is 0.478 e. The van der Waals surface area contributed by atoms with Crippen molar-refractivity contribution in [3.63, 3.8) is 0 Å². The lowest BCUT2D eigenvalue weighted by molar-refractivity contribution is -0.385. The fourth-order valence-electron chi connectivity index (χ4n) is 1.26. The summed E-state index contributed by atoms with van der Waals surface area (Å²) in [6, 6.07) is 4.19. The Morgan fingerprint density at radius 1 is 1.58 bits per heavy atom. The first-order valence-electron chi connectivity index (χ1n) is 5.26. The summed E-state index contributed by atoms with van der Waals surface area (Å²) in [6.45, 7) is 1.69. The molecule has 1 rings (SSSR count). The van der Waals surface area contributed by atoms with E-state index in [0.717, 1.165) is 6.08 Å². The molecule has 0 radical (unpaired) electrons. The molecule has 0 aromatic heterocycles. The van der Waals surface area contributed by atoms with Crippen molar-refractivity contribution in [2.24, 2.45) is 0 Å². The summed E-state index contributed by atoms with van der Waals surface area (Å²) >= 11 is 0. The fourth-order valence-corrected chi connectivity index (χ4v) is 1.26. The molecule has 0 aliphatic heterocycles. The van der Waals surface area contributed by atoms with Crippen LogP contribution in [0.3, 0.4) is 0 Å². The predicted molar refractivity (Wildman–Crippen MR) is 68.7 cm³/mol. The van der Waals surface area contributed by atoms with E-state index in [0.29, 0.717) is 5.56 Å². The smallest absolute Gasteiger partial charge is 0.328 e. The lowest BCUT2D eigenvalue weighted by Crippen LogP contribution is -1.99. The van der Waals surface area contributed by atoms with E-state index in [1.807, 2.05) is 0 Å². The molecule has 1 N–H and O–H groups in total. The van der Waals surface area contributed by atoms with E-state index in [9.17, 15) is 14.9 Å². The summed E-state index contributed by atoms with van der Waals surface area (Å²) in [6.07, 6.45) is 2.17. The number of nitro groups is 1. The third-order valence-electron chi connectivity index (χ3n) is 2.07. The molecule has 0 heterocycles. The summed E-state index contributed by atoms with van der Waals surface area (Å²) in [5.74, 6) is 4.21. The molecule has 0 saturated heterocycles. The van der Waals surface area contributed by atoms with Crippen LogP contribution in [-0.4, -0.2) is 22.6 Å². The van der Waals surface area contributed by atoms with Crippen LogP contribution in [-0.2, 0) is 4.79 Å². The highest BCUT2D eigenvalue weighted by atomic mass is 16.6. The Balaban J connectivity index is 3.02. The van der Waals surface area contributed by atoms with Gasteiger partial charge < -0.3 is 9.84 Å². The van der Waals surface area contributed by atoms with Gasteiger partial charge in [0.05, 0.1) is 4.92 Å². The number of carbonyl (C=O) groups is 1. The Morgan fingerprint density at radius 2 is 2.32 bits per heavy atom. The van der Waals surface area contributed by atoms with Crippen molar-refractivity contribution in [1.82, 2.24) is 0 Å². The average molecular weight is 261 g/mol. The number of carboxylic acids is 1. The Hall–Kier alpha value is -2.81. The first-order valence-corrected chi connectivity index (χ1v) is 5.26. The molecule has 98 valence electrons. The predicted octanol–water partition coefficient (Wildman–Crippen LogP) is 2.09. The van der Waals surface area contributed by atoms with E-state index in [4.69, 9.17) is 9.84 Å². The van der Waals surface area contributed by atoms with Crippen LogP contribution in [0.15, 0.2) is 24.3 Å². The first-order chi connectivity index (χ1) is 9.04. The minimum absolute atomic E-state index is 0.0572. The molecule has 0 aliphatic carbocycles. The monoisotopic (exact) mass is 261 g/mol. The van der Waals surface area contributed by atoms with Gasteiger partial charge in [0.2, 0.25) is 0 Å². The summed E-state index contributed by atoms with van der Waals surface area (Å²) in [5.41, 5.74) is 0.175. The standard InChI is InChI=1S/C13H11NO5/c1-2-3-8-19-12-6-4-10(5-7-13(15)16)9-11(12)14(17)18/h4-7,9H,8H2,1H3,(H,15,16). The zero-order valence-corrected chi connectivity index (χ0v) is 10.1. The molecule has 0 bridgehead atoms. The van der Waals surface area contributed by atoms with Crippen LogP contribution in [0.4, 0.5) is 5.69 Å². The Bertz CT molecular complexity index is 580. The summed E-state index contributed by atoms with van der Waals surface area (Å²) < 4.78 is 5.16. The van der Waals surface area contributed by atoms with Crippen LogP contribution in [0.2, 0.25) is 0 Å². The normalized spacial score (nSPS) is 9.74. The molecular formula is C13H11NO5. The average Bonchev–Trinajstić information content (AvgIpc) is 2.37. The number of rotatable bonds is 5. The van der Waals surface area contributed by atoms with E-state index in [1.54, 1.807) is 6.92 Å². The zero-order chi connectivity index (χ0) is 14.3. The molecule has 6 nitrogen and oxygen atoms in total. The quantitative estimate of drug-likeness (QED) is 0.379. The topological polar surface area (TPSA) is 89.7 Å². The Morgan fingerprint density at radius 3 is 2.89 bits per heavy atom. The van der Waals surface area contributed by atoms with E-state index < -0.39 is 10.9 Å². The van der Waals surface area contributed by atoms with E-state index in [2.05, 4.69) is 11.8 Å². The molecule has 0 spiro atoms. The highest BCUT2D eigenvalue weighted by molar-refractivity contribution is 5.85. The van der Waals surface area contributed by atoms with Crippen molar-refractivity contribution in [1.29, 1.82) is 0 Å². The molecule has 6 heteroatoms. The third kappa shape index (κ3) is 4.52. The van der Waals surface area contributed by atoms with Crippen molar-refractivity contribution in [2.75, 3.05) is 6.61 Å². The third-order valence-corrected chi connectivity index (χ3v) is 2.07. The number of carboxylic acid groups (broad SMARTS) is 1. The molecule has 0 fully saturated rings. The van der Waals surface area contributed by atoms with Gasteiger partial charge in [0, 0.05) is 12.1 Å². The number of hydrogen-bond donors (Lipinski definition) is 1. The van der Waals surface area contributed by atoms with Crippen molar-refractivity contribution < 1.29 is 19.6 Å². The molecule has 0 aliphatic rings. The Kier molecular flexibility index (Phi) is 5.11. The van der Waals surface area contributed by atoms with Crippen LogP contribution in [0.5, 0.6) is 5.75 Å². The highest BCUT2D eigenvalue weighted by Crippen LogP contribution is 2.28. The van der Waals surface area contributed by atoms with Gasteiger partial charge in [0.1, 0.15) is 6.61 Å². The van der Waals surface area contributed by atoms with Gasteiger partial charge in [0.15, 0.2) is 5.75 Å². The fraction of sp³-hybridized carbons (Fsp3) is 0.154. The summed E-state index contributed by atoms with van der Waals surface area (Å²) in [7, 11) is 0. The number of nitro benzene ring substituents is 1. The van der Waals surface area contributed by atoms with Crippen LogP contribution in [0, 0.1) is 22.0 Å². The van der Waals surface area contributed by atoms with Crippen molar-refractivity contribution >= 4 is 17.7 Å². The number of ether oxygens (including phenoxy) is 1. The van der Waals surface area contributed by atoms with Crippen LogP contribution in [0.25, 0.3) is 6.08 Å². The van der Waals surface area contributed by atoms with Gasteiger partial charge in [-0.3, -0.25) is 10.1 Å². The molecule has 0 saturated carbocycles. The summed E-state index contributed by atoms with van der Waals surface area (Å²) in [4.78, 5) is 20.7. The maximum absolute atomic E-state index is 10.9. The van der Waals surface area contributed by atoms with Crippen molar-refractivity contribution in [3.05, 3.63) is 40.0 Å². The van der Waals surface area contributed by atoms with Gasteiger partial charge >= 0.3 is 11.7 Å². The number of benzene rings is 1. The number of aliphatic carboxylic acids is 1. The minimum atomic E-state index is -1.12. The first kappa shape index (κ1) is 14.3. The zero-order valence-electron chi connectivity index (χ0n) is 10.1. The van der Waals surface area contributed by atoms with Gasteiger partial charge in [-0.1, -0.05) is 12.0 Å².